The largest absolute Gasteiger partial charge is 0.301 e. The van der Waals surface area contributed by atoms with Crippen molar-refractivity contribution in [3.05, 3.63) is 75.7 Å². The molecule has 2 aromatic heterocycles. The van der Waals surface area contributed by atoms with Gasteiger partial charge in [-0.15, -0.1) is 0 Å². The second-order valence-electron chi connectivity index (χ2n) is 6.65. The summed E-state index contributed by atoms with van der Waals surface area (Å²) in [6.07, 6.45) is 3.18. The van der Waals surface area contributed by atoms with Crippen LogP contribution in [0, 0.1) is 17.1 Å². The van der Waals surface area contributed by atoms with Crippen LogP contribution in [0.1, 0.15) is 28.3 Å². The summed E-state index contributed by atoms with van der Waals surface area (Å²) in [5.41, 5.74) is 4.38. The fraction of sp³-hybridized carbons (Fsp3) is 0.0952. The number of benzene rings is 1. The number of nitriles is 1. The van der Waals surface area contributed by atoms with Crippen LogP contribution in [0.5, 0.6) is 0 Å². The SMILES string of the molecule is N#Cc1cnc2ccc(/C=C3\SC(=NCC4c5ccc(F)cc54)NC3=O)nc2c1. The van der Waals surface area contributed by atoms with Crippen LogP contribution in [-0.2, 0) is 4.79 Å². The lowest BCUT2D eigenvalue weighted by Crippen LogP contribution is -2.20. The van der Waals surface area contributed by atoms with Crippen LogP contribution in [0.3, 0.4) is 0 Å². The minimum atomic E-state index is -0.243. The minimum Gasteiger partial charge on any atom is -0.301 e. The number of carbonyl (C=O) groups is 1. The molecule has 1 aliphatic heterocycles. The highest BCUT2D eigenvalue weighted by atomic mass is 32.2. The molecular formula is C21H12FN5OS. The third-order valence-electron chi connectivity index (χ3n) is 4.75. The molecule has 0 spiro atoms. The normalized spacial score (nSPS) is 20.0. The summed E-state index contributed by atoms with van der Waals surface area (Å²) in [5, 5.41) is 12.3. The van der Waals surface area contributed by atoms with E-state index in [1.807, 2.05) is 6.07 Å². The molecule has 1 aliphatic carbocycles. The van der Waals surface area contributed by atoms with E-state index in [9.17, 15) is 9.18 Å². The van der Waals surface area contributed by atoms with Gasteiger partial charge in [-0.2, -0.15) is 5.26 Å². The Morgan fingerprint density at radius 2 is 2.14 bits per heavy atom. The van der Waals surface area contributed by atoms with Crippen molar-refractivity contribution in [1.82, 2.24) is 15.3 Å². The smallest absolute Gasteiger partial charge is 0.264 e. The zero-order chi connectivity index (χ0) is 20.0. The first-order valence-corrected chi connectivity index (χ1v) is 9.64. The van der Waals surface area contributed by atoms with Crippen molar-refractivity contribution < 1.29 is 9.18 Å². The summed E-state index contributed by atoms with van der Waals surface area (Å²) in [5.74, 6) is -0.354. The van der Waals surface area contributed by atoms with Crippen molar-refractivity contribution in [2.45, 2.75) is 5.92 Å². The van der Waals surface area contributed by atoms with Gasteiger partial charge < -0.3 is 5.32 Å². The second kappa shape index (κ2) is 6.79. The number of hydrogen-bond acceptors (Lipinski definition) is 6. The molecule has 8 heteroatoms. The number of thioether (sulfide) groups is 1. The van der Waals surface area contributed by atoms with E-state index >= 15 is 0 Å². The Labute approximate surface area is 169 Å². The molecule has 3 aromatic rings. The number of carbonyl (C=O) groups excluding carboxylic acids is 1. The fourth-order valence-electron chi connectivity index (χ4n) is 3.24. The van der Waals surface area contributed by atoms with Crippen molar-refractivity contribution in [3.8, 4) is 6.07 Å². The van der Waals surface area contributed by atoms with E-state index in [2.05, 4.69) is 20.3 Å². The Balaban J connectivity index is 1.33. The molecule has 1 aromatic carbocycles. The van der Waals surface area contributed by atoms with Gasteiger partial charge in [-0.05, 0) is 59.3 Å². The maximum absolute atomic E-state index is 13.2. The summed E-state index contributed by atoms with van der Waals surface area (Å²) in [4.78, 5) is 25.9. The molecule has 1 N–H and O–H groups in total. The monoisotopic (exact) mass is 401 g/mol. The quantitative estimate of drug-likeness (QED) is 0.680. The summed E-state index contributed by atoms with van der Waals surface area (Å²) < 4.78 is 13.2. The predicted octanol–water partition coefficient (Wildman–Crippen LogP) is 3.35. The highest BCUT2D eigenvalue weighted by molar-refractivity contribution is 8.18. The van der Waals surface area contributed by atoms with E-state index in [-0.39, 0.29) is 17.6 Å². The highest BCUT2D eigenvalue weighted by Gasteiger charge is 2.33. The predicted molar refractivity (Wildman–Crippen MR) is 109 cm³/mol. The molecule has 0 bridgehead atoms. The number of pyridine rings is 2. The van der Waals surface area contributed by atoms with Crippen LogP contribution in [-0.4, -0.2) is 27.6 Å². The van der Waals surface area contributed by atoms with Gasteiger partial charge in [0.15, 0.2) is 5.17 Å². The van der Waals surface area contributed by atoms with Gasteiger partial charge in [0.2, 0.25) is 0 Å². The Hall–Kier alpha value is -3.57. The number of aromatic nitrogens is 2. The molecule has 1 fully saturated rings. The number of nitrogens with one attached hydrogen (secondary N) is 1. The molecule has 29 heavy (non-hydrogen) atoms. The van der Waals surface area contributed by atoms with E-state index in [4.69, 9.17) is 5.26 Å². The molecule has 1 unspecified atom stereocenters. The van der Waals surface area contributed by atoms with Crippen LogP contribution in [0.15, 0.2) is 52.5 Å². The van der Waals surface area contributed by atoms with E-state index in [0.29, 0.717) is 38.9 Å². The summed E-state index contributed by atoms with van der Waals surface area (Å²) >= 11 is 1.25. The van der Waals surface area contributed by atoms with E-state index < -0.39 is 0 Å². The van der Waals surface area contributed by atoms with Crippen LogP contribution >= 0.6 is 11.8 Å². The van der Waals surface area contributed by atoms with Crippen LogP contribution in [0.4, 0.5) is 4.39 Å². The zero-order valence-corrected chi connectivity index (χ0v) is 15.7. The highest BCUT2D eigenvalue weighted by Crippen LogP contribution is 2.43. The van der Waals surface area contributed by atoms with E-state index in [1.165, 1.54) is 30.1 Å². The second-order valence-corrected chi connectivity index (χ2v) is 7.68. The third-order valence-corrected chi connectivity index (χ3v) is 5.70. The van der Waals surface area contributed by atoms with Gasteiger partial charge in [-0.3, -0.25) is 14.8 Å². The topological polar surface area (TPSA) is 91.0 Å². The lowest BCUT2D eigenvalue weighted by molar-refractivity contribution is -0.115. The minimum absolute atomic E-state index is 0.126. The van der Waals surface area contributed by atoms with Crippen molar-refractivity contribution in [1.29, 1.82) is 5.26 Å². The average Bonchev–Trinajstić information content (AvgIpc) is 3.30. The van der Waals surface area contributed by atoms with Gasteiger partial charge in [0.25, 0.3) is 5.91 Å². The number of hydrogen-bond donors (Lipinski definition) is 1. The number of nitrogens with zero attached hydrogens (tertiary/aromatic N) is 4. The summed E-state index contributed by atoms with van der Waals surface area (Å²) in [6.45, 7) is 0.478. The van der Waals surface area contributed by atoms with Crippen molar-refractivity contribution in [2.75, 3.05) is 6.54 Å². The molecule has 1 saturated heterocycles. The fourth-order valence-corrected chi connectivity index (χ4v) is 4.06. The van der Waals surface area contributed by atoms with Gasteiger partial charge in [0, 0.05) is 12.1 Å². The summed E-state index contributed by atoms with van der Waals surface area (Å²) in [7, 11) is 0. The van der Waals surface area contributed by atoms with E-state index in [1.54, 1.807) is 30.3 Å². The molecule has 2 aliphatic rings. The Morgan fingerprint density at radius 1 is 1.24 bits per heavy atom. The Morgan fingerprint density at radius 3 is 2.97 bits per heavy atom. The standard InChI is InChI=1S/C21H12FN5OS/c22-12-1-3-14-15(6-12)16(14)10-25-21-27-20(28)19(29-21)7-13-2-4-17-18(26-13)5-11(8-23)9-24-17/h1-7,9,16H,10H2,(H,25,27,28)/b19-7-. The first kappa shape index (κ1) is 17.5. The molecule has 5 rings (SSSR count). The number of amidine groups is 1. The Bertz CT molecular complexity index is 1290. The number of halogens is 1. The van der Waals surface area contributed by atoms with E-state index in [0.717, 1.165) is 11.1 Å². The molecule has 0 saturated carbocycles. The Kier molecular flexibility index (Phi) is 4.11. The van der Waals surface area contributed by atoms with Crippen LogP contribution in [0.2, 0.25) is 0 Å². The van der Waals surface area contributed by atoms with Gasteiger partial charge in [-0.25, -0.2) is 9.37 Å². The van der Waals surface area contributed by atoms with Crippen molar-refractivity contribution in [2.24, 2.45) is 4.99 Å². The summed E-state index contributed by atoms with van der Waals surface area (Å²) in [6, 6.07) is 12.0. The third kappa shape index (κ3) is 3.37. The lowest BCUT2D eigenvalue weighted by atomic mass is 10.2. The number of aliphatic imine (C=N–C) groups is 1. The average molecular weight is 401 g/mol. The van der Waals surface area contributed by atoms with Gasteiger partial charge >= 0.3 is 0 Å². The van der Waals surface area contributed by atoms with Gasteiger partial charge in [0.1, 0.15) is 11.9 Å². The molecule has 0 radical (unpaired) electrons. The van der Waals surface area contributed by atoms with Crippen molar-refractivity contribution >= 4 is 39.9 Å². The molecule has 1 atom stereocenters. The molecule has 140 valence electrons. The molecular weight excluding hydrogens is 389 g/mol. The van der Waals surface area contributed by atoms with Crippen LogP contribution in [0.25, 0.3) is 17.1 Å². The number of rotatable bonds is 3. The lowest BCUT2D eigenvalue weighted by Gasteiger charge is -1.99. The maximum Gasteiger partial charge on any atom is 0.264 e. The van der Waals surface area contributed by atoms with Gasteiger partial charge in [0.05, 0.1) is 33.7 Å². The number of amides is 1. The number of fused-ring (bicyclic) bond motifs is 2. The molecule has 1 amide bonds. The molecule has 3 heterocycles. The van der Waals surface area contributed by atoms with Crippen LogP contribution < -0.4 is 5.32 Å². The molecule has 6 nitrogen and oxygen atoms in total. The van der Waals surface area contributed by atoms with Gasteiger partial charge in [-0.1, -0.05) is 6.07 Å². The first-order valence-electron chi connectivity index (χ1n) is 8.82. The maximum atomic E-state index is 13.2. The first-order chi connectivity index (χ1) is 14.1. The van der Waals surface area contributed by atoms with Crippen molar-refractivity contribution in [3.63, 3.8) is 0 Å². The zero-order valence-electron chi connectivity index (χ0n) is 14.9.